The molecule has 0 aliphatic heterocycles. The molecule has 1 aromatic carbocycles. The standard InChI is InChI=1S/C15H17FN4/c1-19(10-14-5-6-17-20(14)2)9-13-8-11-7-12(16)3-4-15(11)18-13/h3-8,18H,9-10H2,1-2H3. The van der Waals surface area contributed by atoms with Crippen molar-refractivity contribution < 1.29 is 4.39 Å². The van der Waals surface area contributed by atoms with Crippen LogP contribution in [0.25, 0.3) is 10.9 Å². The number of fused-ring (bicyclic) bond motifs is 1. The summed E-state index contributed by atoms with van der Waals surface area (Å²) in [4.78, 5) is 5.51. The van der Waals surface area contributed by atoms with Crippen LogP contribution in [-0.2, 0) is 20.1 Å². The van der Waals surface area contributed by atoms with Gasteiger partial charge in [0, 0.05) is 42.9 Å². The second kappa shape index (κ2) is 5.09. The number of H-pyrrole nitrogens is 1. The van der Waals surface area contributed by atoms with Gasteiger partial charge in [0.05, 0.1) is 5.69 Å². The first kappa shape index (κ1) is 12.9. The van der Waals surface area contributed by atoms with E-state index in [1.807, 2.05) is 23.9 Å². The Kier molecular flexibility index (Phi) is 3.28. The first-order valence-electron chi connectivity index (χ1n) is 6.54. The lowest BCUT2D eigenvalue weighted by Crippen LogP contribution is -2.19. The molecule has 3 aromatic rings. The van der Waals surface area contributed by atoms with Gasteiger partial charge in [-0.2, -0.15) is 5.10 Å². The summed E-state index contributed by atoms with van der Waals surface area (Å²) in [5, 5.41) is 5.07. The summed E-state index contributed by atoms with van der Waals surface area (Å²) in [5.41, 5.74) is 3.21. The molecule has 0 amide bonds. The predicted molar refractivity (Wildman–Crippen MR) is 76.6 cm³/mol. The van der Waals surface area contributed by atoms with Crippen molar-refractivity contribution in [2.75, 3.05) is 7.05 Å². The number of nitrogens with zero attached hydrogens (tertiary/aromatic N) is 3. The largest absolute Gasteiger partial charge is 0.357 e. The fourth-order valence-corrected chi connectivity index (χ4v) is 2.43. The van der Waals surface area contributed by atoms with Crippen molar-refractivity contribution in [2.24, 2.45) is 7.05 Å². The molecular weight excluding hydrogens is 255 g/mol. The van der Waals surface area contributed by atoms with E-state index < -0.39 is 0 Å². The van der Waals surface area contributed by atoms with Crippen molar-refractivity contribution >= 4 is 10.9 Å². The van der Waals surface area contributed by atoms with Crippen molar-refractivity contribution in [3.63, 3.8) is 0 Å². The molecule has 2 heterocycles. The van der Waals surface area contributed by atoms with Gasteiger partial charge in [-0.3, -0.25) is 9.58 Å². The van der Waals surface area contributed by atoms with Crippen molar-refractivity contribution in [1.82, 2.24) is 19.7 Å². The first-order valence-corrected chi connectivity index (χ1v) is 6.54. The average Bonchev–Trinajstić information content (AvgIpc) is 2.95. The molecule has 0 spiro atoms. The third kappa shape index (κ3) is 2.58. The van der Waals surface area contributed by atoms with Crippen LogP contribution in [0.5, 0.6) is 0 Å². The highest BCUT2D eigenvalue weighted by Gasteiger charge is 2.07. The Bertz CT molecular complexity index is 728. The molecule has 2 aromatic heterocycles. The molecule has 5 heteroatoms. The van der Waals surface area contributed by atoms with Gasteiger partial charge in [0.1, 0.15) is 5.82 Å². The van der Waals surface area contributed by atoms with Gasteiger partial charge in [0.15, 0.2) is 0 Å². The number of benzene rings is 1. The maximum absolute atomic E-state index is 13.2. The van der Waals surface area contributed by atoms with Gasteiger partial charge in [0.2, 0.25) is 0 Å². The Balaban J connectivity index is 1.74. The van der Waals surface area contributed by atoms with Gasteiger partial charge < -0.3 is 4.98 Å². The number of hydrogen-bond donors (Lipinski definition) is 1. The van der Waals surface area contributed by atoms with E-state index in [1.54, 1.807) is 18.3 Å². The summed E-state index contributed by atoms with van der Waals surface area (Å²) < 4.78 is 15.0. The van der Waals surface area contributed by atoms with Crippen LogP contribution in [0.4, 0.5) is 4.39 Å². The summed E-state index contributed by atoms with van der Waals surface area (Å²) in [5.74, 6) is -0.203. The molecule has 0 atom stereocenters. The van der Waals surface area contributed by atoms with Crippen LogP contribution >= 0.6 is 0 Å². The molecule has 0 radical (unpaired) electrons. The third-order valence-corrected chi connectivity index (χ3v) is 3.43. The van der Waals surface area contributed by atoms with Crippen LogP contribution in [0.1, 0.15) is 11.4 Å². The lowest BCUT2D eigenvalue weighted by Gasteiger charge is -2.15. The van der Waals surface area contributed by atoms with Gasteiger partial charge in [-0.1, -0.05) is 0 Å². The van der Waals surface area contributed by atoms with Crippen molar-refractivity contribution in [3.05, 3.63) is 53.7 Å². The summed E-state index contributed by atoms with van der Waals surface area (Å²) >= 11 is 0. The van der Waals surface area contributed by atoms with Crippen LogP contribution in [0, 0.1) is 5.82 Å². The molecule has 0 saturated heterocycles. The Hall–Kier alpha value is -2.14. The van der Waals surface area contributed by atoms with E-state index in [2.05, 4.69) is 22.0 Å². The number of rotatable bonds is 4. The SMILES string of the molecule is CN(Cc1cc2cc(F)ccc2[nH]1)Cc1ccnn1C. The monoisotopic (exact) mass is 272 g/mol. The van der Waals surface area contributed by atoms with Crippen LogP contribution in [-0.4, -0.2) is 26.7 Å². The van der Waals surface area contributed by atoms with Crippen LogP contribution in [0.3, 0.4) is 0 Å². The molecular formula is C15H17FN4. The zero-order valence-corrected chi connectivity index (χ0v) is 11.6. The smallest absolute Gasteiger partial charge is 0.123 e. The van der Waals surface area contributed by atoms with Crippen LogP contribution in [0.2, 0.25) is 0 Å². The summed E-state index contributed by atoms with van der Waals surface area (Å²) in [6, 6.07) is 8.81. The van der Waals surface area contributed by atoms with E-state index in [-0.39, 0.29) is 5.82 Å². The topological polar surface area (TPSA) is 36.9 Å². The number of halogens is 1. The van der Waals surface area contributed by atoms with E-state index >= 15 is 0 Å². The second-order valence-corrected chi connectivity index (χ2v) is 5.14. The lowest BCUT2D eigenvalue weighted by atomic mass is 10.2. The fraction of sp³-hybridized carbons (Fsp3) is 0.267. The second-order valence-electron chi connectivity index (χ2n) is 5.14. The molecule has 1 N–H and O–H groups in total. The minimum atomic E-state index is -0.203. The number of aromatic amines is 1. The molecule has 0 fully saturated rings. The normalized spacial score (nSPS) is 11.6. The minimum absolute atomic E-state index is 0.203. The molecule has 0 saturated carbocycles. The fourth-order valence-electron chi connectivity index (χ4n) is 2.43. The van der Waals surface area contributed by atoms with Gasteiger partial charge in [0.25, 0.3) is 0 Å². The van der Waals surface area contributed by atoms with Crippen LogP contribution in [0.15, 0.2) is 36.5 Å². The maximum Gasteiger partial charge on any atom is 0.123 e. The van der Waals surface area contributed by atoms with E-state index in [4.69, 9.17) is 0 Å². The maximum atomic E-state index is 13.2. The van der Waals surface area contributed by atoms with Gasteiger partial charge >= 0.3 is 0 Å². The summed E-state index contributed by atoms with van der Waals surface area (Å²) in [6.07, 6.45) is 1.80. The number of aromatic nitrogens is 3. The van der Waals surface area contributed by atoms with Crippen molar-refractivity contribution in [3.8, 4) is 0 Å². The summed E-state index contributed by atoms with van der Waals surface area (Å²) in [6.45, 7) is 1.60. The average molecular weight is 272 g/mol. The van der Waals surface area contributed by atoms with Crippen molar-refractivity contribution in [1.29, 1.82) is 0 Å². The van der Waals surface area contributed by atoms with E-state index in [1.165, 1.54) is 6.07 Å². The molecule has 0 bridgehead atoms. The third-order valence-electron chi connectivity index (χ3n) is 3.43. The quantitative estimate of drug-likeness (QED) is 0.792. The zero-order valence-electron chi connectivity index (χ0n) is 11.6. The molecule has 4 nitrogen and oxygen atoms in total. The molecule has 0 unspecified atom stereocenters. The van der Waals surface area contributed by atoms with Gasteiger partial charge in [-0.25, -0.2) is 4.39 Å². The number of nitrogens with one attached hydrogen (secondary N) is 1. The highest BCUT2D eigenvalue weighted by atomic mass is 19.1. The highest BCUT2D eigenvalue weighted by Crippen LogP contribution is 2.18. The molecule has 3 rings (SSSR count). The van der Waals surface area contributed by atoms with Gasteiger partial charge in [-0.15, -0.1) is 0 Å². The Morgan fingerprint density at radius 1 is 1.25 bits per heavy atom. The molecule has 0 aliphatic rings. The molecule has 20 heavy (non-hydrogen) atoms. The number of hydrogen-bond acceptors (Lipinski definition) is 2. The van der Waals surface area contributed by atoms with E-state index in [9.17, 15) is 4.39 Å². The number of aryl methyl sites for hydroxylation is 1. The van der Waals surface area contributed by atoms with Gasteiger partial charge in [-0.05, 0) is 37.4 Å². The highest BCUT2D eigenvalue weighted by molar-refractivity contribution is 5.80. The van der Waals surface area contributed by atoms with E-state index in [0.29, 0.717) is 0 Å². The summed E-state index contributed by atoms with van der Waals surface area (Å²) in [7, 11) is 3.99. The van der Waals surface area contributed by atoms with Crippen molar-refractivity contribution in [2.45, 2.75) is 13.1 Å². The molecule has 0 aliphatic carbocycles. The lowest BCUT2D eigenvalue weighted by molar-refractivity contribution is 0.306. The Labute approximate surface area is 116 Å². The van der Waals surface area contributed by atoms with E-state index in [0.717, 1.165) is 35.4 Å². The minimum Gasteiger partial charge on any atom is -0.357 e. The van der Waals surface area contributed by atoms with Crippen LogP contribution < -0.4 is 0 Å². The Morgan fingerprint density at radius 2 is 2.10 bits per heavy atom. The Morgan fingerprint density at radius 3 is 2.85 bits per heavy atom. The molecule has 104 valence electrons. The zero-order chi connectivity index (χ0) is 14.1. The first-order chi connectivity index (χ1) is 9.61. The predicted octanol–water partition coefficient (Wildman–Crippen LogP) is 2.67.